The molecule has 0 heterocycles. The summed E-state index contributed by atoms with van der Waals surface area (Å²) in [7, 11) is 1.58. The highest BCUT2D eigenvalue weighted by Gasteiger charge is 2.22. The van der Waals surface area contributed by atoms with E-state index in [-0.39, 0.29) is 11.8 Å². The third-order valence-electron chi connectivity index (χ3n) is 6.16. The average Bonchev–Trinajstić information content (AvgIpc) is 3.02. The van der Waals surface area contributed by atoms with Crippen molar-refractivity contribution in [3.8, 4) is 17.2 Å². The predicted octanol–water partition coefficient (Wildman–Crippen LogP) is 8.21. The largest absolute Gasteiger partial charge is 0.497 e. The molecule has 0 aliphatic carbocycles. The Morgan fingerprint density at radius 3 is 1.78 bits per heavy atom. The molecule has 2 N–H and O–H groups in total. The van der Waals surface area contributed by atoms with Crippen LogP contribution in [0.15, 0.2) is 138 Å². The molecule has 5 rings (SSSR count). The molecule has 5 aromatic carbocycles. The van der Waals surface area contributed by atoms with Gasteiger partial charge in [0.2, 0.25) is 5.91 Å². The van der Waals surface area contributed by atoms with Gasteiger partial charge in [-0.2, -0.15) is 0 Å². The maximum Gasteiger partial charge on any atom is 0.255 e. The van der Waals surface area contributed by atoms with Crippen LogP contribution in [0, 0.1) is 0 Å². The van der Waals surface area contributed by atoms with Crippen LogP contribution in [-0.4, -0.2) is 18.9 Å². The van der Waals surface area contributed by atoms with E-state index in [1.165, 1.54) is 11.8 Å². The van der Waals surface area contributed by atoms with Crippen molar-refractivity contribution in [2.75, 3.05) is 17.7 Å². The maximum atomic E-state index is 13.5. The second kappa shape index (κ2) is 13.4. The number of rotatable bonds is 10. The molecule has 0 saturated carbocycles. The summed E-state index contributed by atoms with van der Waals surface area (Å²) < 4.78 is 11.0. The van der Waals surface area contributed by atoms with Gasteiger partial charge in [-0.05, 0) is 90.5 Å². The van der Waals surface area contributed by atoms with E-state index in [2.05, 4.69) is 10.6 Å². The molecular formula is C34H28N2O4S. The van der Waals surface area contributed by atoms with E-state index < -0.39 is 5.25 Å². The molecule has 0 saturated heterocycles. The maximum absolute atomic E-state index is 13.5. The molecule has 7 heteroatoms. The number of thioether (sulfide) groups is 1. The van der Waals surface area contributed by atoms with Crippen molar-refractivity contribution in [3.05, 3.63) is 145 Å². The molecule has 0 aliphatic heterocycles. The van der Waals surface area contributed by atoms with Gasteiger partial charge in [0.1, 0.15) is 22.5 Å². The Kier molecular flexibility index (Phi) is 8.98. The average molecular weight is 561 g/mol. The fraction of sp³-hybridized carbons (Fsp3) is 0.0588. The minimum atomic E-state index is -0.490. The zero-order valence-electron chi connectivity index (χ0n) is 22.3. The highest BCUT2D eigenvalue weighted by Crippen LogP contribution is 2.37. The fourth-order valence-corrected chi connectivity index (χ4v) is 5.06. The summed E-state index contributed by atoms with van der Waals surface area (Å²) in [6.45, 7) is 0. The van der Waals surface area contributed by atoms with Gasteiger partial charge in [-0.15, -0.1) is 11.8 Å². The lowest BCUT2D eigenvalue weighted by Crippen LogP contribution is -2.19. The fourth-order valence-electron chi connectivity index (χ4n) is 4.04. The van der Waals surface area contributed by atoms with Gasteiger partial charge in [-0.25, -0.2) is 0 Å². The molecule has 6 nitrogen and oxygen atoms in total. The molecule has 0 fully saturated rings. The van der Waals surface area contributed by atoms with Gasteiger partial charge < -0.3 is 20.1 Å². The van der Waals surface area contributed by atoms with E-state index in [1.54, 1.807) is 31.4 Å². The number of anilines is 2. The van der Waals surface area contributed by atoms with Crippen molar-refractivity contribution in [1.82, 2.24) is 0 Å². The summed E-state index contributed by atoms with van der Waals surface area (Å²) in [6, 6.07) is 40.9. The zero-order chi connectivity index (χ0) is 28.4. The van der Waals surface area contributed by atoms with E-state index in [0.29, 0.717) is 28.4 Å². The van der Waals surface area contributed by atoms with E-state index in [4.69, 9.17) is 9.47 Å². The van der Waals surface area contributed by atoms with Crippen molar-refractivity contribution in [1.29, 1.82) is 0 Å². The zero-order valence-corrected chi connectivity index (χ0v) is 23.1. The van der Waals surface area contributed by atoms with Crippen molar-refractivity contribution in [3.63, 3.8) is 0 Å². The predicted molar refractivity (Wildman–Crippen MR) is 164 cm³/mol. The summed E-state index contributed by atoms with van der Waals surface area (Å²) in [5.41, 5.74) is 2.75. The highest BCUT2D eigenvalue weighted by atomic mass is 32.2. The number of hydrogen-bond donors (Lipinski definition) is 2. The number of para-hydroxylation sites is 1. The minimum absolute atomic E-state index is 0.144. The Hall–Kier alpha value is -5.01. The molecule has 41 heavy (non-hydrogen) atoms. The first-order valence-corrected chi connectivity index (χ1v) is 13.9. The van der Waals surface area contributed by atoms with Crippen LogP contribution in [0.2, 0.25) is 0 Å². The number of ether oxygens (including phenoxy) is 2. The lowest BCUT2D eigenvalue weighted by atomic mass is 10.1. The summed E-state index contributed by atoms with van der Waals surface area (Å²) in [6.07, 6.45) is 0. The topological polar surface area (TPSA) is 76.7 Å². The van der Waals surface area contributed by atoms with Crippen molar-refractivity contribution in [2.24, 2.45) is 0 Å². The Bertz CT molecular complexity index is 1580. The Labute approximate surface area is 243 Å². The third-order valence-corrected chi connectivity index (χ3v) is 7.43. The Morgan fingerprint density at radius 1 is 0.610 bits per heavy atom. The Balaban J connectivity index is 1.25. The van der Waals surface area contributed by atoms with Gasteiger partial charge >= 0.3 is 0 Å². The smallest absolute Gasteiger partial charge is 0.255 e. The van der Waals surface area contributed by atoms with Crippen molar-refractivity contribution < 1.29 is 19.1 Å². The number of methoxy groups -OCH3 is 1. The third kappa shape index (κ3) is 7.56. The summed E-state index contributed by atoms with van der Waals surface area (Å²) in [5.74, 6) is 1.76. The van der Waals surface area contributed by atoms with Crippen LogP contribution in [0.25, 0.3) is 0 Å². The second-order valence-electron chi connectivity index (χ2n) is 9.04. The second-order valence-corrected chi connectivity index (χ2v) is 10.2. The standard InChI is InChI=1S/C34H28N2O4S/c1-39-28-18-12-25(13-19-28)33(37)35-27-16-22-31(23-17-27)41-32(24-8-4-2-5-9-24)34(38)36-26-14-20-30(21-15-26)40-29-10-6-3-7-11-29/h2-23,32H,1H3,(H,35,37)(H,36,38). The molecule has 1 atom stereocenters. The minimum Gasteiger partial charge on any atom is -0.497 e. The molecule has 0 bridgehead atoms. The van der Waals surface area contributed by atoms with Crippen molar-refractivity contribution >= 4 is 35.0 Å². The first kappa shape index (κ1) is 27.6. The molecule has 2 amide bonds. The first-order valence-electron chi connectivity index (χ1n) is 13.0. The molecule has 0 radical (unpaired) electrons. The van der Waals surface area contributed by atoms with Crippen LogP contribution in [0.1, 0.15) is 21.2 Å². The SMILES string of the molecule is COc1ccc(C(=O)Nc2ccc(SC(C(=O)Nc3ccc(Oc4ccccc4)cc3)c3ccccc3)cc2)cc1. The molecule has 0 spiro atoms. The summed E-state index contributed by atoms with van der Waals surface area (Å²) in [5, 5.41) is 5.45. The van der Waals surface area contributed by atoms with Crippen molar-refractivity contribution in [2.45, 2.75) is 10.1 Å². The van der Waals surface area contributed by atoms with Crippen LogP contribution >= 0.6 is 11.8 Å². The van der Waals surface area contributed by atoms with Gasteiger partial charge in [0.05, 0.1) is 7.11 Å². The van der Waals surface area contributed by atoms with Gasteiger partial charge in [0, 0.05) is 21.8 Å². The quantitative estimate of drug-likeness (QED) is 0.168. The molecule has 204 valence electrons. The van der Waals surface area contributed by atoms with E-state index in [0.717, 1.165) is 16.2 Å². The van der Waals surface area contributed by atoms with Crippen LogP contribution in [0.5, 0.6) is 17.2 Å². The monoisotopic (exact) mass is 560 g/mol. The van der Waals surface area contributed by atoms with Crippen LogP contribution in [0.3, 0.4) is 0 Å². The Morgan fingerprint density at radius 2 is 1.15 bits per heavy atom. The molecular weight excluding hydrogens is 532 g/mol. The first-order chi connectivity index (χ1) is 20.1. The summed E-state index contributed by atoms with van der Waals surface area (Å²) in [4.78, 5) is 27.0. The summed E-state index contributed by atoms with van der Waals surface area (Å²) >= 11 is 1.44. The number of nitrogens with one attached hydrogen (secondary N) is 2. The van der Waals surface area contributed by atoms with E-state index in [1.807, 2.05) is 109 Å². The molecule has 0 aromatic heterocycles. The molecule has 5 aromatic rings. The number of hydrogen-bond acceptors (Lipinski definition) is 5. The van der Waals surface area contributed by atoms with Crippen LogP contribution in [0.4, 0.5) is 11.4 Å². The lowest BCUT2D eigenvalue weighted by Gasteiger charge is -2.18. The highest BCUT2D eigenvalue weighted by molar-refractivity contribution is 8.00. The number of carbonyl (C=O) groups excluding carboxylic acids is 2. The molecule has 0 aliphatic rings. The van der Waals surface area contributed by atoms with E-state index >= 15 is 0 Å². The van der Waals surface area contributed by atoms with Gasteiger partial charge in [-0.3, -0.25) is 9.59 Å². The lowest BCUT2D eigenvalue weighted by molar-refractivity contribution is -0.115. The van der Waals surface area contributed by atoms with E-state index in [9.17, 15) is 9.59 Å². The van der Waals surface area contributed by atoms with Gasteiger partial charge in [-0.1, -0.05) is 48.5 Å². The normalized spacial score (nSPS) is 11.2. The van der Waals surface area contributed by atoms with Gasteiger partial charge in [0.25, 0.3) is 5.91 Å². The number of amides is 2. The van der Waals surface area contributed by atoms with Crippen LogP contribution in [-0.2, 0) is 4.79 Å². The number of benzene rings is 5. The number of carbonyl (C=O) groups is 2. The van der Waals surface area contributed by atoms with Crippen LogP contribution < -0.4 is 20.1 Å². The van der Waals surface area contributed by atoms with Gasteiger partial charge in [0.15, 0.2) is 0 Å². The molecule has 1 unspecified atom stereocenters.